The van der Waals surface area contributed by atoms with E-state index < -0.39 is 0 Å². The third kappa shape index (κ3) is 2.88. The smallest absolute Gasteiger partial charge is 0.227 e. The van der Waals surface area contributed by atoms with E-state index in [0.717, 1.165) is 5.56 Å². The molecule has 6 heteroatoms. The van der Waals surface area contributed by atoms with Gasteiger partial charge in [0.2, 0.25) is 11.9 Å². The summed E-state index contributed by atoms with van der Waals surface area (Å²) in [5.74, 6) is 0.275. The van der Waals surface area contributed by atoms with Gasteiger partial charge >= 0.3 is 0 Å². The van der Waals surface area contributed by atoms with Crippen LogP contribution in [0.25, 0.3) is 0 Å². The van der Waals surface area contributed by atoms with Gasteiger partial charge in [-0.25, -0.2) is 5.10 Å². The molecule has 0 fully saturated rings. The standard InChI is InChI=1S/C10H11N5O/c16-9(14-10-12-7-13-15-10)4-3-8-2-1-5-11-6-8/h1-2,5-7H,3-4H2,(H2,12,13,14,15,16). The summed E-state index contributed by atoms with van der Waals surface area (Å²) in [6.45, 7) is 0. The van der Waals surface area contributed by atoms with E-state index in [0.29, 0.717) is 18.8 Å². The molecule has 0 unspecified atom stereocenters. The van der Waals surface area contributed by atoms with Gasteiger partial charge in [-0.3, -0.25) is 15.1 Å². The topological polar surface area (TPSA) is 83.6 Å². The number of rotatable bonds is 4. The monoisotopic (exact) mass is 217 g/mol. The van der Waals surface area contributed by atoms with Crippen molar-refractivity contribution in [2.75, 3.05) is 5.32 Å². The summed E-state index contributed by atoms with van der Waals surface area (Å²) in [5.41, 5.74) is 1.04. The van der Waals surface area contributed by atoms with E-state index in [1.807, 2.05) is 12.1 Å². The Hall–Kier alpha value is -2.24. The summed E-state index contributed by atoms with van der Waals surface area (Å²) in [6, 6.07) is 3.79. The van der Waals surface area contributed by atoms with Gasteiger partial charge in [0, 0.05) is 18.8 Å². The van der Waals surface area contributed by atoms with Crippen LogP contribution in [-0.4, -0.2) is 26.1 Å². The molecule has 0 spiro atoms. The van der Waals surface area contributed by atoms with Crippen molar-refractivity contribution in [2.45, 2.75) is 12.8 Å². The first kappa shape index (κ1) is 10.3. The second-order valence-corrected chi connectivity index (χ2v) is 3.24. The van der Waals surface area contributed by atoms with Crippen molar-refractivity contribution >= 4 is 11.9 Å². The van der Waals surface area contributed by atoms with Crippen molar-refractivity contribution < 1.29 is 4.79 Å². The number of aromatic amines is 1. The maximum Gasteiger partial charge on any atom is 0.227 e. The lowest BCUT2D eigenvalue weighted by Crippen LogP contribution is -2.13. The molecule has 16 heavy (non-hydrogen) atoms. The predicted molar refractivity (Wildman–Crippen MR) is 57.6 cm³/mol. The van der Waals surface area contributed by atoms with Crippen LogP contribution in [0.5, 0.6) is 0 Å². The molecule has 0 bridgehead atoms. The van der Waals surface area contributed by atoms with Crippen molar-refractivity contribution in [3.8, 4) is 0 Å². The molecular formula is C10H11N5O. The highest BCUT2D eigenvalue weighted by molar-refractivity contribution is 5.88. The lowest BCUT2D eigenvalue weighted by atomic mass is 10.1. The normalized spacial score (nSPS) is 10.0. The minimum Gasteiger partial charge on any atom is -0.295 e. The summed E-state index contributed by atoms with van der Waals surface area (Å²) < 4.78 is 0. The van der Waals surface area contributed by atoms with Gasteiger partial charge in [0.05, 0.1) is 0 Å². The van der Waals surface area contributed by atoms with Gasteiger partial charge in [-0.2, -0.15) is 10.1 Å². The maximum absolute atomic E-state index is 11.5. The van der Waals surface area contributed by atoms with E-state index in [9.17, 15) is 4.79 Å². The second kappa shape index (κ2) is 5.01. The molecule has 2 aromatic heterocycles. The number of aromatic nitrogens is 4. The second-order valence-electron chi connectivity index (χ2n) is 3.24. The third-order valence-corrected chi connectivity index (χ3v) is 2.04. The number of carbonyl (C=O) groups is 1. The molecule has 0 atom stereocenters. The minimum absolute atomic E-state index is 0.0967. The van der Waals surface area contributed by atoms with Gasteiger partial charge in [0.15, 0.2) is 0 Å². The van der Waals surface area contributed by atoms with Crippen LogP contribution in [0.3, 0.4) is 0 Å². The van der Waals surface area contributed by atoms with E-state index in [-0.39, 0.29) is 5.91 Å². The van der Waals surface area contributed by atoms with Crippen molar-refractivity contribution in [2.24, 2.45) is 0 Å². The van der Waals surface area contributed by atoms with Gasteiger partial charge in [0.25, 0.3) is 0 Å². The predicted octanol–water partition coefficient (Wildman–Crippen LogP) is 0.771. The molecule has 2 N–H and O–H groups in total. The Kier molecular flexibility index (Phi) is 3.22. The molecule has 2 heterocycles. The Labute approximate surface area is 92.1 Å². The van der Waals surface area contributed by atoms with Crippen molar-refractivity contribution in [1.29, 1.82) is 0 Å². The molecule has 0 aliphatic heterocycles. The minimum atomic E-state index is -0.0967. The van der Waals surface area contributed by atoms with Crippen LogP contribution in [0.15, 0.2) is 30.9 Å². The van der Waals surface area contributed by atoms with Crippen molar-refractivity contribution in [3.63, 3.8) is 0 Å². The van der Waals surface area contributed by atoms with Crippen molar-refractivity contribution in [1.82, 2.24) is 20.2 Å². The Morgan fingerprint density at radius 1 is 1.50 bits per heavy atom. The van der Waals surface area contributed by atoms with E-state index in [4.69, 9.17) is 0 Å². The highest BCUT2D eigenvalue weighted by Crippen LogP contribution is 2.02. The number of nitrogens with zero attached hydrogens (tertiary/aromatic N) is 3. The quantitative estimate of drug-likeness (QED) is 0.792. The van der Waals surface area contributed by atoms with E-state index in [1.54, 1.807) is 12.4 Å². The Balaban J connectivity index is 1.80. The SMILES string of the molecule is O=C(CCc1cccnc1)Nc1ncn[nH]1. The zero-order chi connectivity index (χ0) is 11.2. The molecule has 2 aromatic rings. The number of anilines is 1. The molecule has 2 rings (SSSR count). The van der Waals surface area contributed by atoms with Gasteiger partial charge < -0.3 is 0 Å². The fraction of sp³-hybridized carbons (Fsp3) is 0.200. The molecule has 0 radical (unpaired) electrons. The molecule has 82 valence electrons. The number of pyridine rings is 1. The van der Waals surface area contributed by atoms with E-state index >= 15 is 0 Å². The molecule has 0 saturated heterocycles. The Morgan fingerprint density at radius 2 is 2.44 bits per heavy atom. The molecule has 0 saturated carbocycles. The number of aryl methyl sites for hydroxylation is 1. The summed E-state index contributed by atoms with van der Waals surface area (Å²) in [5, 5.41) is 8.80. The number of hydrogen-bond donors (Lipinski definition) is 2. The zero-order valence-corrected chi connectivity index (χ0v) is 8.55. The Bertz CT molecular complexity index is 439. The fourth-order valence-electron chi connectivity index (χ4n) is 1.26. The van der Waals surface area contributed by atoms with Crippen LogP contribution in [0.4, 0.5) is 5.95 Å². The average molecular weight is 217 g/mol. The zero-order valence-electron chi connectivity index (χ0n) is 8.55. The van der Waals surface area contributed by atoms with Crippen LogP contribution < -0.4 is 5.32 Å². The largest absolute Gasteiger partial charge is 0.295 e. The molecule has 0 aliphatic carbocycles. The Morgan fingerprint density at radius 3 is 3.12 bits per heavy atom. The first-order valence-electron chi connectivity index (χ1n) is 4.89. The fourth-order valence-corrected chi connectivity index (χ4v) is 1.26. The van der Waals surface area contributed by atoms with E-state index in [1.165, 1.54) is 6.33 Å². The van der Waals surface area contributed by atoms with Gasteiger partial charge in [-0.05, 0) is 18.1 Å². The number of H-pyrrole nitrogens is 1. The van der Waals surface area contributed by atoms with Gasteiger partial charge in [0.1, 0.15) is 6.33 Å². The van der Waals surface area contributed by atoms with Crippen LogP contribution in [0, 0.1) is 0 Å². The first-order valence-corrected chi connectivity index (χ1v) is 4.89. The van der Waals surface area contributed by atoms with Crippen LogP contribution in [0.2, 0.25) is 0 Å². The summed E-state index contributed by atoms with van der Waals surface area (Å²) in [6.07, 6.45) is 5.86. The first-order chi connectivity index (χ1) is 7.84. The van der Waals surface area contributed by atoms with Crippen molar-refractivity contribution in [3.05, 3.63) is 36.4 Å². The number of nitrogens with one attached hydrogen (secondary N) is 2. The summed E-state index contributed by atoms with van der Waals surface area (Å²) >= 11 is 0. The van der Waals surface area contributed by atoms with Gasteiger partial charge in [-0.1, -0.05) is 6.07 Å². The lowest BCUT2D eigenvalue weighted by molar-refractivity contribution is -0.116. The highest BCUT2D eigenvalue weighted by atomic mass is 16.1. The number of hydrogen-bond acceptors (Lipinski definition) is 4. The summed E-state index contributed by atoms with van der Waals surface area (Å²) in [7, 11) is 0. The van der Waals surface area contributed by atoms with Crippen LogP contribution >= 0.6 is 0 Å². The molecule has 1 amide bonds. The number of amides is 1. The average Bonchev–Trinajstić information content (AvgIpc) is 2.81. The van der Waals surface area contributed by atoms with Gasteiger partial charge in [-0.15, -0.1) is 0 Å². The maximum atomic E-state index is 11.5. The highest BCUT2D eigenvalue weighted by Gasteiger charge is 2.04. The molecule has 6 nitrogen and oxygen atoms in total. The molecule has 0 aliphatic rings. The lowest BCUT2D eigenvalue weighted by Gasteiger charge is -2.01. The molecular weight excluding hydrogens is 206 g/mol. The van der Waals surface area contributed by atoms with E-state index in [2.05, 4.69) is 25.5 Å². The summed E-state index contributed by atoms with van der Waals surface area (Å²) in [4.78, 5) is 19.2. The number of carbonyl (C=O) groups excluding carboxylic acids is 1. The van der Waals surface area contributed by atoms with Crippen LogP contribution in [0.1, 0.15) is 12.0 Å². The van der Waals surface area contributed by atoms with Crippen LogP contribution in [-0.2, 0) is 11.2 Å². The molecule has 0 aromatic carbocycles. The third-order valence-electron chi connectivity index (χ3n) is 2.04.